The number of amides is 1. The summed E-state index contributed by atoms with van der Waals surface area (Å²) in [4.78, 5) is 11.9. The largest absolute Gasteiger partial charge is 0.450 e. The van der Waals surface area contributed by atoms with Gasteiger partial charge in [0.25, 0.3) is 0 Å². The number of carbonyl (C=O) groups excluding carboxylic acids is 1. The molecule has 3 heteroatoms. The quantitative estimate of drug-likeness (QED) is 0.454. The number of ether oxygens (including phenoxy) is 1. The van der Waals surface area contributed by atoms with Gasteiger partial charge in [-0.1, -0.05) is 71.4 Å². The average molecular weight is 309 g/mol. The summed E-state index contributed by atoms with van der Waals surface area (Å²) < 4.78 is 5.25. The van der Waals surface area contributed by atoms with E-state index < -0.39 is 0 Å². The zero-order valence-electron chi connectivity index (χ0n) is 14.8. The molecule has 0 aromatic carbocycles. The van der Waals surface area contributed by atoms with Crippen LogP contribution in [0.3, 0.4) is 0 Å². The Bertz CT molecular complexity index is 319. The summed E-state index contributed by atoms with van der Waals surface area (Å²) in [6.07, 6.45) is 14.9. The van der Waals surface area contributed by atoms with E-state index in [4.69, 9.17) is 4.74 Å². The maximum absolute atomic E-state index is 11.9. The van der Waals surface area contributed by atoms with E-state index in [0.717, 1.165) is 31.6 Å². The van der Waals surface area contributed by atoms with Crippen LogP contribution in [0.15, 0.2) is 12.2 Å². The fraction of sp³-hybridized carbons (Fsp3) is 0.842. The van der Waals surface area contributed by atoms with Crippen LogP contribution in [-0.2, 0) is 4.74 Å². The zero-order valence-corrected chi connectivity index (χ0v) is 14.8. The maximum Gasteiger partial charge on any atom is 0.407 e. The lowest BCUT2D eigenvalue weighted by atomic mass is 9.84. The lowest BCUT2D eigenvalue weighted by molar-refractivity contribution is 0.140. The molecule has 0 heterocycles. The molecule has 0 radical (unpaired) electrons. The van der Waals surface area contributed by atoms with Gasteiger partial charge in [-0.15, -0.1) is 0 Å². The number of nitrogens with one attached hydrogen (secondary N) is 1. The molecule has 1 saturated carbocycles. The predicted molar refractivity (Wildman–Crippen MR) is 93.0 cm³/mol. The van der Waals surface area contributed by atoms with Crippen LogP contribution >= 0.6 is 0 Å². The minimum absolute atomic E-state index is 0.121. The maximum atomic E-state index is 11.9. The molecule has 0 aromatic rings. The summed E-state index contributed by atoms with van der Waals surface area (Å²) >= 11 is 0. The summed E-state index contributed by atoms with van der Waals surface area (Å²) in [5, 5.41) is 3.05. The van der Waals surface area contributed by atoms with Crippen molar-refractivity contribution in [3.63, 3.8) is 0 Å². The summed E-state index contributed by atoms with van der Waals surface area (Å²) in [6, 6.07) is 0.121. The Kier molecular flexibility index (Phi) is 10.0. The average Bonchev–Trinajstić information content (AvgIpc) is 2.48. The number of rotatable bonds is 9. The fourth-order valence-electron chi connectivity index (χ4n) is 2.98. The minimum Gasteiger partial charge on any atom is -0.450 e. The summed E-state index contributed by atoms with van der Waals surface area (Å²) in [5.41, 5.74) is 0. The number of allylic oxidation sites excluding steroid dienone is 1. The van der Waals surface area contributed by atoms with Crippen LogP contribution in [0.4, 0.5) is 4.79 Å². The lowest BCUT2D eigenvalue weighted by Gasteiger charge is -2.25. The normalized spacial score (nSPS) is 17.8. The second-order valence-electron chi connectivity index (χ2n) is 7.04. The molecule has 0 bridgehead atoms. The number of hydrogen-bond acceptors (Lipinski definition) is 2. The highest BCUT2D eigenvalue weighted by molar-refractivity contribution is 5.67. The molecule has 128 valence electrons. The van der Waals surface area contributed by atoms with Crippen molar-refractivity contribution < 1.29 is 9.53 Å². The molecule has 1 aliphatic carbocycles. The van der Waals surface area contributed by atoms with Crippen LogP contribution in [0.25, 0.3) is 0 Å². The van der Waals surface area contributed by atoms with E-state index in [1.54, 1.807) is 0 Å². The number of unbranched alkanes of at least 4 members (excludes halogenated alkanes) is 1. The lowest BCUT2D eigenvalue weighted by Crippen LogP contribution is -2.36. The highest BCUT2D eigenvalue weighted by Gasteiger charge is 2.19. The van der Waals surface area contributed by atoms with Crippen molar-refractivity contribution in [1.29, 1.82) is 0 Å². The molecular formula is C19H35NO2. The van der Waals surface area contributed by atoms with Gasteiger partial charge in [-0.3, -0.25) is 0 Å². The molecule has 0 aromatic heterocycles. The van der Waals surface area contributed by atoms with E-state index in [-0.39, 0.29) is 12.1 Å². The van der Waals surface area contributed by atoms with Crippen LogP contribution in [0, 0.1) is 11.8 Å². The van der Waals surface area contributed by atoms with Gasteiger partial charge < -0.3 is 10.1 Å². The smallest absolute Gasteiger partial charge is 0.407 e. The third-order valence-electron chi connectivity index (χ3n) is 4.32. The molecule has 0 aliphatic heterocycles. The minimum atomic E-state index is -0.261. The molecule has 1 atom stereocenters. The monoisotopic (exact) mass is 309 g/mol. The van der Waals surface area contributed by atoms with Crippen molar-refractivity contribution in [1.82, 2.24) is 5.32 Å². The first kappa shape index (κ1) is 19.1. The van der Waals surface area contributed by atoms with Crippen LogP contribution in [-0.4, -0.2) is 18.7 Å². The Morgan fingerprint density at radius 2 is 2.00 bits per heavy atom. The Morgan fingerprint density at radius 3 is 2.64 bits per heavy atom. The Balaban J connectivity index is 2.44. The first-order chi connectivity index (χ1) is 10.6. The molecule has 0 saturated heterocycles. The van der Waals surface area contributed by atoms with E-state index in [1.807, 2.05) is 0 Å². The Labute approximate surface area is 136 Å². The standard InChI is InChI=1S/C19H35NO2/c1-4-5-14-22-19(21)20-18(13-9-10-16(2)3)15-17-11-7-6-8-12-17/h9,13,16-18H,4-8,10-12,14-15H2,1-3H3,(H,20,21)/b13-9+. The van der Waals surface area contributed by atoms with E-state index in [9.17, 15) is 4.79 Å². The molecule has 1 amide bonds. The van der Waals surface area contributed by atoms with Crippen molar-refractivity contribution in [3.05, 3.63) is 12.2 Å². The van der Waals surface area contributed by atoms with Crippen LogP contribution < -0.4 is 5.32 Å². The van der Waals surface area contributed by atoms with Crippen molar-refractivity contribution in [2.75, 3.05) is 6.61 Å². The zero-order chi connectivity index (χ0) is 16.2. The van der Waals surface area contributed by atoms with Gasteiger partial charge in [-0.2, -0.15) is 0 Å². The van der Waals surface area contributed by atoms with Crippen molar-refractivity contribution in [2.24, 2.45) is 11.8 Å². The first-order valence-electron chi connectivity index (χ1n) is 9.21. The second-order valence-corrected chi connectivity index (χ2v) is 7.04. The van der Waals surface area contributed by atoms with Crippen LogP contribution in [0.5, 0.6) is 0 Å². The van der Waals surface area contributed by atoms with E-state index in [1.165, 1.54) is 32.1 Å². The molecule has 1 unspecified atom stereocenters. The van der Waals surface area contributed by atoms with Crippen molar-refractivity contribution >= 4 is 6.09 Å². The molecule has 1 fully saturated rings. The van der Waals surface area contributed by atoms with Gasteiger partial charge in [0.15, 0.2) is 0 Å². The van der Waals surface area contributed by atoms with Gasteiger partial charge in [0.05, 0.1) is 12.6 Å². The van der Waals surface area contributed by atoms with Crippen LogP contribution in [0.2, 0.25) is 0 Å². The SMILES string of the molecule is CCCCOC(=O)NC(/C=C/CC(C)C)CC1CCCCC1. The van der Waals surface area contributed by atoms with Gasteiger partial charge >= 0.3 is 6.09 Å². The van der Waals surface area contributed by atoms with Gasteiger partial charge in [-0.25, -0.2) is 4.79 Å². The summed E-state index contributed by atoms with van der Waals surface area (Å²) in [7, 11) is 0. The number of carbonyl (C=O) groups is 1. The third kappa shape index (κ3) is 9.11. The van der Waals surface area contributed by atoms with Gasteiger partial charge in [0, 0.05) is 0 Å². The summed E-state index contributed by atoms with van der Waals surface area (Å²) in [5.74, 6) is 1.40. The molecular weight excluding hydrogens is 274 g/mol. The van der Waals surface area contributed by atoms with Gasteiger partial charge in [-0.05, 0) is 31.1 Å². The molecule has 1 aliphatic rings. The molecule has 22 heavy (non-hydrogen) atoms. The molecule has 1 N–H and O–H groups in total. The van der Waals surface area contributed by atoms with E-state index in [2.05, 4.69) is 38.2 Å². The van der Waals surface area contributed by atoms with Gasteiger partial charge in [0.1, 0.15) is 0 Å². The van der Waals surface area contributed by atoms with Crippen molar-refractivity contribution in [2.45, 2.75) is 84.6 Å². The predicted octanol–water partition coefficient (Wildman–Crippen LogP) is 5.45. The topological polar surface area (TPSA) is 38.3 Å². The van der Waals surface area contributed by atoms with Crippen molar-refractivity contribution in [3.8, 4) is 0 Å². The van der Waals surface area contributed by atoms with Gasteiger partial charge in [0.2, 0.25) is 0 Å². The third-order valence-corrected chi connectivity index (χ3v) is 4.32. The Morgan fingerprint density at radius 1 is 1.27 bits per heavy atom. The number of hydrogen-bond donors (Lipinski definition) is 1. The highest BCUT2D eigenvalue weighted by atomic mass is 16.5. The fourth-order valence-corrected chi connectivity index (χ4v) is 2.98. The molecule has 3 nitrogen and oxygen atoms in total. The number of alkyl carbamates (subject to hydrolysis) is 1. The second kappa shape index (κ2) is 11.6. The van der Waals surface area contributed by atoms with Crippen LogP contribution in [0.1, 0.15) is 78.6 Å². The summed E-state index contributed by atoms with van der Waals surface area (Å²) in [6.45, 7) is 7.05. The molecule has 1 rings (SSSR count). The first-order valence-corrected chi connectivity index (χ1v) is 9.21. The highest BCUT2D eigenvalue weighted by Crippen LogP contribution is 2.27. The molecule has 0 spiro atoms. The Hall–Kier alpha value is -0.990. The van der Waals surface area contributed by atoms with E-state index >= 15 is 0 Å². The van der Waals surface area contributed by atoms with E-state index in [0.29, 0.717) is 12.5 Å².